The first kappa shape index (κ1) is 19.8. The molecule has 0 atom stereocenters. The molecule has 0 aromatic heterocycles. The Morgan fingerprint density at radius 2 is 1.74 bits per heavy atom. The average Bonchev–Trinajstić information content (AvgIpc) is 2.74. The predicted octanol–water partition coefficient (Wildman–Crippen LogP) is 3.00. The molecular weight excluding hydrogens is 345 g/mol. The summed E-state index contributed by atoms with van der Waals surface area (Å²) in [7, 11) is -0.530. The first-order chi connectivity index (χ1) is 12.7. The molecular formula is C20H28BNO5. The van der Waals surface area contributed by atoms with Gasteiger partial charge in [0, 0.05) is 19.9 Å². The molecule has 7 heteroatoms. The van der Waals surface area contributed by atoms with Gasteiger partial charge in [0.2, 0.25) is 5.91 Å². The van der Waals surface area contributed by atoms with Crippen LogP contribution in [0.5, 0.6) is 11.5 Å². The van der Waals surface area contributed by atoms with Crippen molar-refractivity contribution in [2.24, 2.45) is 0 Å². The van der Waals surface area contributed by atoms with E-state index in [-0.39, 0.29) is 5.91 Å². The molecule has 146 valence electrons. The molecule has 27 heavy (non-hydrogen) atoms. The molecule has 2 heterocycles. The highest BCUT2D eigenvalue weighted by Gasteiger charge is 2.52. The molecule has 3 rings (SSSR count). The number of carbonyl (C=O) groups is 1. The second-order valence-corrected chi connectivity index (χ2v) is 7.97. The van der Waals surface area contributed by atoms with Gasteiger partial charge < -0.3 is 24.1 Å². The molecule has 0 radical (unpaired) electrons. The molecule has 0 bridgehead atoms. The molecule has 1 amide bonds. The smallest absolute Gasteiger partial charge is 0.490 e. The van der Waals surface area contributed by atoms with E-state index in [9.17, 15) is 4.79 Å². The second kappa shape index (κ2) is 7.56. The van der Waals surface area contributed by atoms with Crippen LogP contribution in [0, 0.1) is 0 Å². The minimum atomic E-state index is -0.530. The van der Waals surface area contributed by atoms with Crippen LogP contribution in [-0.4, -0.2) is 44.0 Å². The third-order valence-corrected chi connectivity index (χ3v) is 5.22. The molecule has 0 unspecified atom stereocenters. The van der Waals surface area contributed by atoms with Crippen molar-refractivity contribution in [3.05, 3.63) is 29.2 Å². The third-order valence-electron chi connectivity index (χ3n) is 5.22. The maximum Gasteiger partial charge on any atom is 0.492 e. The zero-order chi connectivity index (χ0) is 19.7. The van der Waals surface area contributed by atoms with Crippen LogP contribution in [0.15, 0.2) is 23.7 Å². The Morgan fingerprint density at radius 1 is 1.11 bits per heavy atom. The SMILES string of the molecule is CC(=O)NCC(=Cc1ccc2c(c1)OCCCO2)B1OC(C)(C)C(C)(C)O1. The number of nitrogens with one attached hydrogen (secondary N) is 1. The van der Waals surface area contributed by atoms with Crippen molar-refractivity contribution in [1.82, 2.24) is 5.32 Å². The topological polar surface area (TPSA) is 66.0 Å². The van der Waals surface area contributed by atoms with Crippen LogP contribution in [0.1, 0.15) is 46.6 Å². The molecule has 1 aromatic rings. The fraction of sp³-hybridized carbons (Fsp3) is 0.550. The van der Waals surface area contributed by atoms with E-state index < -0.39 is 18.3 Å². The third kappa shape index (κ3) is 4.47. The van der Waals surface area contributed by atoms with Crippen molar-refractivity contribution in [3.8, 4) is 11.5 Å². The number of hydrogen-bond donors (Lipinski definition) is 1. The number of hydrogen-bond acceptors (Lipinski definition) is 5. The molecule has 2 aliphatic rings. The largest absolute Gasteiger partial charge is 0.492 e. The molecule has 0 saturated carbocycles. The minimum Gasteiger partial charge on any atom is -0.490 e. The van der Waals surface area contributed by atoms with E-state index in [1.807, 2.05) is 52.0 Å². The predicted molar refractivity (Wildman–Crippen MR) is 105 cm³/mol. The number of carbonyl (C=O) groups excluding carboxylic acids is 1. The zero-order valence-electron chi connectivity index (χ0n) is 16.8. The zero-order valence-corrected chi connectivity index (χ0v) is 16.8. The van der Waals surface area contributed by atoms with E-state index in [0.717, 1.165) is 29.0 Å². The Labute approximate surface area is 161 Å². The van der Waals surface area contributed by atoms with Crippen LogP contribution in [0.2, 0.25) is 0 Å². The second-order valence-electron chi connectivity index (χ2n) is 7.97. The Hall–Kier alpha value is -1.99. The standard InChI is InChI=1S/C20H28BNO5/c1-14(23)22-13-16(21-26-19(2,3)20(4,5)27-21)11-15-7-8-17-18(12-15)25-10-6-9-24-17/h7-8,11-12H,6,9-10,13H2,1-5H3,(H,22,23). The summed E-state index contributed by atoms with van der Waals surface area (Å²) in [6.07, 6.45) is 2.84. The average molecular weight is 373 g/mol. The van der Waals surface area contributed by atoms with Crippen molar-refractivity contribution >= 4 is 19.1 Å². The molecule has 1 aromatic carbocycles. The molecule has 0 spiro atoms. The van der Waals surface area contributed by atoms with Gasteiger partial charge in [-0.2, -0.15) is 0 Å². The summed E-state index contributed by atoms with van der Waals surface area (Å²) >= 11 is 0. The van der Waals surface area contributed by atoms with E-state index >= 15 is 0 Å². The van der Waals surface area contributed by atoms with Crippen molar-refractivity contribution in [2.45, 2.75) is 52.2 Å². The summed E-state index contributed by atoms with van der Waals surface area (Å²) in [5.41, 5.74) is 0.891. The number of ether oxygens (including phenoxy) is 2. The quantitative estimate of drug-likeness (QED) is 0.822. The Kier molecular flexibility index (Phi) is 5.54. The lowest BCUT2D eigenvalue weighted by atomic mass is 9.77. The van der Waals surface area contributed by atoms with Crippen LogP contribution in [0.4, 0.5) is 0 Å². The molecule has 2 aliphatic heterocycles. The highest BCUT2D eigenvalue weighted by molar-refractivity contribution is 6.56. The Balaban J connectivity index is 1.89. The van der Waals surface area contributed by atoms with Gasteiger partial charge in [-0.1, -0.05) is 12.1 Å². The Bertz CT molecular complexity index is 728. The van der Waals surface area contributed by atoms with Gasteiger partial charge >= 0.3 is 7.12 Å². The maximum atomic E-state index is 11.4. The Morgan fingerprint density at radius 3 is 2.37 bits per heavy atom. The van der Waals surface area contributed by atoms with Crippen LogP contribution in [0.25, 0.3) is 6.08 Å². The molecule has 1 saturated heterocycles. The van der Waals surface area contributed by atoms with Gasteiger partial charge in [0.15, 0.2) is 11.5 Å². The van der Waals surface area contributed by atoms with Crippen LogP contribution in [-0.2, 0) is 14.1 Å². The first-order valence-electron chi connectivity index (χ1n) is 9.38. The first-order valence-corrected chi connectivity index (χ1v) is 9.38. The number of fused-ring (bicyclic) bond motifs is 1. The summed E-state index contributed by atoms with van der Waals surface area (Å²) in [4.78, 5) is 11.4. The monoisotopic (exact) mass is 373 g/mol. The highest BCUT2D eigenvalue weighted by atomic mass is 16.7. The van der Waals surface area contributed by atoms with Gasteiger partial charge in [0.1, 0.15) is 0 Å². The van der Waals surface area contributed by atoms with Gasteiger partial charge in [-0.25, -0.2) is 0 Å². The summed E-state index contributed by atoms with van der Waals surface area (Å²) < 4.78 is 23.8. The van der Waals surface area contributed by atoms with Crippen LogP contribution < -0.4 is 14.8 Å². The van der Waals surface area contributed by atoms with E-state index in [2.05, 4.69) is 5.32 Å². The normalized spacial score (nSPS) is 20.9. The van der Waals surface area contributed by atoms with E-state index in [1.165, 1.54) is 6.92 Å². The molecule has 1 N–H and O–H groups in total. The molecule has 0 aliphatic carbocycles. The van der Waals surface area contributed by atoms with Crippen molar-refractivity contribution in [3.63, 3.8) is 0 Å². The van der Waals surface area contributed by atoms with Crippen molar-refractivity contribution in [2.75, 3.05) is 19.8 Å². The van der Waals surface area contributed by atoms with Crippen LogP contribution >= 0.6 is 0 Å². The fourth-order valence-electron chi connectivity index (χ4n) is 2.91. The van der Waals surface area contributed by atoms with Gasteiger partial charge in [0.25, 0.3) is 0 Å². The number of rotatable bonds is 4. The molecule has 6 nitrogen and oxygen atoms in total. The fourth-order valence-corrected chi connectivity index (χ4v) is 2.91. The van der Waals surface area contributed by atoms with Gasteiger partial charge in [-0.05, 0) is 50.9 Å². The van der Waals surface area contributed by atoms with Crippen LogP contribution in [0.3, 0.4) is 0 Å². The lowest BCUT2D eigenvalue weighted by Crippen LogP contribution is -2.41. The van der Waals surface area contributed by atoms with Gasteiger partial charge in [-0.15, -0.1) is 0 Å². The highest BCUT2D eigenvalue weighted by Crippen LogP contribution is 2.39. The summed E-state index contributed by atoms with van der Waals surface area (Å²) in [6, 6.07) is 5.82. The maximum absolute atomic E-state index is 11.4. The number of amides is 1. The summed E-state index contributed by atoms with van der Waals surface area (Å²) in [5, 5.41) is 2.85. The summed E-state index contributed by atoms with van der Waals surface area (Å²) in [6.45, 7) is 11.2. The van der Waals surface area contributed by atoms with E-state index in [0.29, 0.717) is 19.8 Å². The van der Waals surface area contributed by atoms with Crippen molar-refractivity contribution in [1.29, 1.82) is 0 Å². The van der Waals surface area contributed by atoms with Gasteiger partial charge in [0.05, 0.1) is 24.4 Å². The molecule has 1 fully saturated rings. The lowest BCUT2D eigenvalue weighted by molar-refractivity contribution is -0.118. The number of benzene rings is 1. The van der Waals surface area contributed by atoms with Gasteiger partial charge in [-0.3, -0.25) is 4.79 Å². The lowest BCUT2D eigenvalue weighted by Gasteiger charge is -2.32. The van der Waals surface area contributed by atoms with Crippen molar-refractivity contribution < 1.29 is 23.6 Å². The van der Waals surface area contributed by atoms with E-state index in [1.54, 1.807) is 0 Å². The minimum absolute atomic E-state index is 0.101. The summed E-state index contributed by atoms with van der Waals surface area (Å²) in [5.74, 6) is 1.38. The van der Waals surface area contributed by atoms with E-state index in [4.69, 9.17) is 18.8 Å².